The van der Waals surface area contributed by atoms with Crippen LogP contribution in [0.25, 0.3) is 5.69 Å². The minimum Gasteiger partial charge on any atom is -0.494 e. The molecule has 0 saturated heterocycles. The number of thioether (sulfide) groups is 1. The summed E-state index contributed by atoms with van der Waals surface area (Å²) in [5, 5.41) is 11.9. The predicted molar refractivity (Wildman–Crippen MR) is 111 cm³/mol. The van der Waals surface area contributed by atoms with Crippen molar-refractivity contribution >= 4 is 39.3 Å². The van der Waals surface area contributed by atoms with Crippen molar-refractivity contribution in [2.24, 2.45) is 0 Å². The van der Waals surface area contributed by atoms with E-state index in [1.165, 1.54) is 11.8 Å². The van der Waals surface area contributed by atoms with E-state index in [0.29, 0.717) is 11.8 Å². The summed E-state index contributed by atoms with van der Waals surface area (Å²) in [4.78, 5) is 12.2. The number of amides is 1. The number of aromatic nitrogens is 3. The minimum atomic E-state index is -0.0961. The Labute approximate surface area is 170 Å². The zero-order chi connectivity index (χ0) is 19.2. The van der Waals surface area contributed by atoms with E-state index in [-0.39, 0.29) is 11.7 Å². The van der Waals surface area contributed by atoms with Crippen molar-refractivity contribution in [3.8, 4) is 11.4 Å². The van der Waals surface area contributed by atoms with E-state index >= 15 is 0 Å². The largest absolute Gasteiger partial charge is 0.494 e. The van der Waals surface area contributed by atoms with Gasteiger partial charge in [0.1, 0.15) is 11.6 Å². The Morgan fingerprint density at radius 2 is 1.85 bits per heavy atom. The molecule has 0 bridgehead atoms. The van der Waals surface area contributed by atoms with E-state index < -0.39 is 0 Å². The zero-order valence-corrected chi connectivity index (χ0v) is 17.4. The lowest BCUT2D eigenvalue weighted by atomic mass is 10.3. The second kappa shape index (κ2) is 9.05. The zero-order valence-electron chi connectivity index (χ0n) is 15.0. The number of hydrogen-bond donors (Lipinski definition) is 1. The molecule has 140 valence electrons. The molecule has 0 atom stereocenters. The number of rotatable bonds is 7. The molecule has 0 spiro atoms. The number of nitrogens with one attached hydrogen (secondary N) is 1. The summed E-state index contributed by atoms with van der Waals surface area (Å²) in [7, 11) is 0. The number of carbonyl (C=O) groups excluding carboxylic acids is 1. The first-order chi connectivity index (χ1) is 13.1. The summed E-state index contributed by atoms with van der Waals surface area (Å²) in [5.74, 6) is 1.72. The van der Waals surface area contributed by atoms with E-state index in [2.05, 4.69) is 31.4 Å². The average molecular weight is 447 g/mol. The summed E-state index contributed by atoms with van der Waals surface area (Å²) in [6.07, 6.45) is 0. The molecule has 1 heterocycles. The number of ether oxygens (including phenoxy) is 1. The molecule has 0 aliphatic heterocycles. The van der Waals surface area contributed by atoms with Crippen LogP contribution in [0.15, 0.2) is 58.2 Å². The molecule has 8 heteroatoms. The van der Waals surface area contributed by atoms with Crippen LogP contribution in [0.1, 0.15) is 12.7 Å². The van der Waals surface area contributed by atoms with Crippen LogP contribution in [0.4, 0.5) is 5.69 Å². The highest BCUT2D eigenvalue weighted by Gasteiger charge is 2.13. The van der Waals surface area contributed by atoms with Crippen molar-refractivity contribution in [2.75, 3.05) is 17.7 Å². The van der Waals surface area contributed by atoms with E-state index in [9.17, 15) is 4.79 Å². The first-order valence-electron chi connectivity index (χ1n) is 8.40. The molecule has 1 N–H and O–H groups in total. The SMILES string of the molecule is CCOc1ccc(-n2c(C)nnc2SCC(=O)Nc2ccc(Br)cc2)cc1. The summed E-state index contributed by atoms with van der Waals surface area (Å²) < 4.78 is 8.37. The van der Waals surface area contributed by atoms with Crippen molar-refractivity contribution in [1.82, 2.24) is 14.8 Å². The highest BCUT2D eigenvalue weighted by Crippen LogP contribution is 2.24. The van der Waals surface area contributed by atoms with E-state index in [1.807, 2.05) is 66.9 Å². The van der Waals surface area contributed by atoms with Crippen molar-refractivity contribution in [3.05, 3.63) is 58.8 Å². The number of benzene rings is 2. The number of hydrogen-bond acceptors (Lipinski definition) is 5. The molecule has 1 aromatic heterocycles. The molecule has 0 fully saturated rings. The normalized spacial score (nSPS) is 10.6. The third kappa shape index (κ3) is 5.11. The van der Waals surface area contributed by atoms with Gasteiger partial charge in [0, 0.05) is 15.8 Å². The van der Waals surface area contributed by atoms with Gasteiger partial charge in [-0.3, -0.25) is 9.36 Å². The maximum Gasteiger partial charge on any atom is 0.234 e. The number of nitrogens with zero attached hydrogens (tertiary/aromatic N) is 3. The Morgan fingerprint density at radius 1 is 1.15 bits per heavy atom. The Kier molecular flexibility index (Phi) is 6.52. The molecule has 2 aromatic carbocycles. The van der Waals surface area contributed by atoms with E-state index in [4.69, 9.17) is 4.74 Å². The molecular formula is C19H19BrN4O2S. The van der Waals surface area contributed by atoms with Crippen molar-refractivity contribution in [1.29, 1.82) is 0 Å². The van der Waals surface area contributed by atoms with Gasteiger partial charge in [0.2, 0.25) is 5.91 Å². The summed E-state index contributed by atoms with van der Waals surface area (Å²) in [6.45, 7) is 4.46. The first kappa shape index (κ1) is 19.4. The molecule has 0 aliphatic carbocycles. The van der Waals surface area contributed by atoms with Gasteiger partial charge >= 0.3 is 0 Å². The third-order valence-electron chi connectivity index (χ3n) is 3.66. The summed E-state index contributed by atoms with van der Waals surface area (Å²) >= 11 is 4.72. The third-order valence-corrected chi connectivity index (χ3v) is 5.12. The Hall–Kier alpha value is -2.32. The Balaban J connectivity index is 1.67. The fourth-order valence-electron chi connectivity index (χ4n) is 2.45. The number of anilines is 1. The molecule has 6 nitrogen and oxygen atoms in total. The maximum absolute atomic E-state index is 12.2. The second-order valence-electron chi connectivity index (χ2n) is 5.64. The number of aryl methyl sites for hydroxylation is 1. The van der Waals surface area contributed by atoms with Crippen LogP contribution < -0.4 is 10.1 Å². The smallest absolute Gasteiger partial charge is 0.234 e. The van der Waals surface area contributed by atoms with Gasteiger partial charge in [0.25, 0.3) is 0 Å². The lowest BCUT2D eigenvalue weighted by Crippen LogP contribution is -2.14. The van der Waals surface area contributed by atoms with E-state index in [0.717, 1.165) is 27.4 Å². The van der Waals surface area contributed by atoms with Crippen LogP contribution >= 0.6 is 27.7 Å². The molecular weight excluding hydrogens is 428 g/mol. The number of carbonyl (C=O) groups is 1. The lowest BCUT2D eigenvalue weighted by molar-refractivity contribution is -0.113. The Bertz CT molecular complexity index is 910. The average Bonchev–Trinajstić information content (AvgIpc) is 3.03. The van der Waals surface area contributed by atoms with Crippen LogP contribution in [0, 0.1) is 6.92 Å². The molecule has 0 saturated carbocycles. The van der Waals surface area contributed by atoms with Crippen LogP contribution in [0.3, 0.4) is 0 Å². The molecule has 0 aliphatic rings. The van der Waals surface area contributed by atoms with Crippen LogP contribution in [-0.2, 0) is 4.79 Å². The highest BCUT2D eigenvalue weighted by molar-refractivity contribution is 9.10. The van der Waals surface area contributed by atoms with Gasteiger partial charge < -0.3 is 10.1 Å². The minimum absolute atomic E-state index is 0.0961. The number of halogens is 1. The topological polar surface area (TPSA) is 69.0 Å². The van der Waals surface area contributed by atoms with Gasteiger partial charge in [-0.1, -0.05) is 27.7 Å². The van der Waals surface area contributed by atoms with Crippen LogP contribution in [0.5, 0.6) is 5.75 Å². The van der Waals surface area contributed by atoms with Crippen LogP contribution in [0.2, 0.25) is 0 Å². The van der Waals surface area contributed by atoms with Gasteiger partial charge in [-0.25, -0.2) is 0 Å². The van der Waals surface area contributed by atoms with Crippen molar-refractivity contribution in [2.45, 2.75) is 19.0 Å². The fraction of sp³-hybridized carbons (Fsp3) is 0.211. The monoisotopic (exact) mass is 446 g/mol. The maximum atomic E-state index is 12.2. The molecule has 3 rings (SSSR count). The molecule has 3 aromatic rings. The highest BCUT2D eigenvalue weighted by atomic mass is 79.9. The quantitative estimate of drug-likeness (QED) is 0.542. The molecule has 27 heavy (non-hydrogen) atoms. The van der Waals surface area contributed by atoms with Crippen molar-refractivity contribution < 1.29 is 9.53 Å². The van der Waals surface area contributed by atoms with Gasteiger partial charge in [-0.05, 0) is 62.4 Å². The fourth-order valence-corrected chi connectivity index (χ4v) is 3.51. The molecule has 0 radical (unpaired) electrons. The van der Waals surface area contributed by atoms with Gasteiger partial charge in [0.05, 0.1) is 12.4 Å². The molecule has 0 unspecified atom stereocenters. The van der Waals surface area contributed by atoms with Crippen LogP contribution in [-0.4, -0.2) is 33.0 Å². The Morgan fingerprint density at radius 3 is 2.52 bits per heavy atom. The first-order valence-corrected chi connectivity index (χ1v) is 10.2. The van der Waals surface area contributed by atoms with Crippen molar-refractivity contribution in [3.63, 3.8) is 0 Å². The van der Waals surface area contributed by atoms with Gasteiger partial charge in [-0.15, -0.1) is 10.2 Å². The summed E-state index contributed by atoms with van der Waals surface area (Å²) in [5.41, 5.74) is 1.68. The standard InChI is InChI=1S/C19H19BrN4O2S/c1-3-26-17-10-8-16(9-11-17)24-13(2)22-23-19(24)27-12-18(25)21-15-6-4-14(20)5-7-15/h4-11H,3,12H2,1-2H3,(H,21,25). The van der Waals surface area contributed by atoms with Gasteiger partial charge in [0.15, 0.2) is 5.16 Å². The van der Waals surface area contributed by atoms with E-state index in [1.54, 1.807) is 0 Å². The molecule has 1 amide bonds. The predicted octanol–water partition coefficient (Wildman–Crippen LogP) is 4.47. The summed E-state index contributed by atoms with van der Waals surface area (Å²) in [6, 6.07) is 15.2. The lowest BCUT2D eigenvalue weighted by Gasteiger charge is -2.10. The van der Waals surface area contributed by atoms with Gasteiger partial charge in [-0.2, -0.15) is 0 Å². The second-order valence-corrected chi connectivity index (χ2v) is 7.49.